The monoisotopic (exact) mass is 462 g/mol. The summed E-state index contributed by atoms with van der Waals surface area (Å²) in [5.74, 6) is 0.0227. The summed E-state index contributed by atoms with van der Waals surface area (Å²) in [6.45, 7) is 5.96. The highest BCUT2D eigenvalue weighted by Gasteiger charge is 2.23. The van der Waals surface area contributed by atoms with Crippen molar-refractivity contribution in [3.63, 3.8) is 0 Å². The summed E-state index contributed by atoms with van der Waals surface area (Å²) < 4.78 is 0. The number of unbranched alkanes of at least 4 members (excludes halogenated alkanes) is 1. The number of rotatable bonds is 7. The summed E-state index contributed by atoms with van der Waals surface area (Å²) in [5, 5.41) is 4.30. The van der Waals surface area contributed by atoms with E-state index in [1.165, 1.54) is 33.3 Å². The molecule has 4 aromatic rings. The van der Waals surface area contributed by atoms with Gasteiger partial charge in [0.25, 0.3) is 5.91 Å². The van der Waals surface area contributed by atoms with Crippen LogP contribution in [0.3, 0.4) is 0 Å². The molecule has 0 unspecified atom stereocenters. The maximum Gasteiger partial charge on any atom is 0.251 e. The van der Waals surface area contributed by atoms with Crippen LogP contribution in [0.25, 0.3) is 33.2 Å². The minimum absolute atomic E-state index is 0.0227. The van der Waals surface area contributed by atoms with Crippen molar-refractivity contribution in [2.75, 3.05) is 44.2 Å². The molecule has 176 valence electrons. The number of aromatic nitrogens is 1. The summed E-state index contributed by atoms with van der Waals surface area (Å²) >= 11 is 0. The molecule has 5 heteroatoms. The lowest BCUT2D eigenvalue weighted by atomic mass is 9.80. The van der Waals surface area contributed by atoms with Gasteiger partial charge in [0.15, 0.2) is 0 Å². The van der Waals surface area contributed by atoms with Crippen molar-refractivity contribution in [2.45, 2.75) is 12.8 Å². The van der Waals surface area contributed by atoms with Gasteiger partial charge in [-0.05, 0) is 65.9 Å². The summed E-state index contributed by atoms with van der Waals surface area (Å²) in [7, 11) is 0. The van der Waals surface area contributed by atoms with E-state index < -0.39 is 0 Å². The van der Waals surface area contributed by atoms with Crippen LogP contribution in [0.5, 0.6) is 0 Å². The van der Waals surface area contributed by atoms with Crippen LogP contribution < -0.4 is 10.2 Å². The smallest absolute Gasteiger partial charge is 0.251 e. The number of hydrogen-bond acceptors (Lipinski definition) is 4. The van der Waals surface area contributed by atoms with Crippen molar-refractivity contribution in [1.29, 1.82) is 0 Å². The Kier molecular flexibility index (Phi) is 5.93. The van der Waals surface area contributed by atoms with Crippen molar-refractivity contribution in [1.82, 2.24) is 15.2 Å². The Labute approximate surface area is 206 Å². The molecule has 6 rings (SSSR count). The molecule has 1 amide bonds. The van der Waals surface area contributed by atoms with Gasteiger partial charge < -0.3 is 10.2 Å². The van der Waals surface area contributed by atoms with E-state index in [4.69, 9.17) is 0 Å². The predicted molar refractivity (Wildman–Crippen MR) is 143 cm³/mol. The highest BCUT2D eigenvalue weighted by molar-refractivity contribution is 6.05. The summed E-state index contributed by atoms with van der Waals surface area (Å²) in [5.41, 5.74) is 8.04. The zero-order valence-electron chi connectivity index (χ0n) is 19.9. The SMILES string of the molecule is O=C(NCCCCN1CCN(c2cccc3cccnc23)CC1)c1ccc2c(c1)-c1ccccc1-2. The van der Waals surface area contributed by atoms with Gasteiger partial charge in [0.1, 0.15) is 0 Å². The van der Waals surface area contributed by atoms with Gasteiger partial charge in [-0.2, -0.15) is 0 Å². The van der Waals surface area contributed by atoms with E-state index >= 15 is 0 Å². The number of fused-ring (bicyclic) bond motifs is 5. The van der Waals surface area contributed by atoms with Crippen LogP contribution in [-0.4, -0.2) is 55.1 Å². The molecular formula is C30H30N4O. The number of amides is 1. The fourth-order valence-corrected chi connectivity index (χ4v) is 5.35. The lowest BCUT2D eigenvalue weighted by Gasteiger charge is -2.36. The molecule has 2 heterocycles. The molecule has 1 aliphatic heterocycles. The number of carbonyl (C=O) groups is 1. The van der Waals surface area contributed by atoms with Gasteiger partial charge in [-0.15, -0.1) is 0 Å². The first-order valence-corrected chi connectivity index (χ1v) is 12.6. The highest BCUT2D eigenvalue weighted by atomic mass is 16.1. The Hall–Kier alpha value is -3.70. The second-order valence-corrected chi connectivity index (χ2v) is 9.45. The maximum atomic E-state index is 12.6. The van der Waals surface area contributed by atoms with Crippen molar-refractivity contribution < 1.29 is 4.79 Å². The average molecular weight is 463 g/mol. The molecule has 35 heavy (non-hydrogen) atoms. The van der Waals surface area contributed by atoms with E-state index in [1.54, 1.807) is 0 Å². The van der Waals surface area contributed by atoms with E-state index in [0.29, 0.717) is 6.54 Å². The molecular weight excluding hydrogens is 432 g/mol. The minimum Gasteiger partial charge on any atom is -0.367 e. The molecule has 0 atom stereocenters. The van der Waals surface area contributed by atoms with Crippen molar-refractivity contribution >= 4 is 22.5 Å². The van der Waals surface area contributed by atoms with Gasteiger partial charge in [0.05, 0.1) is 11.2 Å². The van der Waals surface area contributed by atoms with Crippen molar-refractivity contribution in [3.8, 4) is 22.3 Å². The van der Waals surface area contributed by atoms with E-state index in [0.717, 1.165) is 56.6 Å². The van der Waals surface area contributed by atoms with Crippen LogP contribution in [0, 0.1) is 0 Å². The zero-order chi connectivity index (χ0) is 23.6. The van der Waals surface area contributed by atoms with E-state index in [2.05, 4.69) is 74.7 Å². The van der Waals surface area contributed by atoms with Crippen LogP contribution in [0.1, 0.15) is 23.2 Å². The van der Waals surface area contributed by atoms with Crippen LogP contribution in [0.2, 0.25) is 0 Å². The molecule has 0 spiro atoms. The number of para-hydroxylation sites is 1. The highest BCUT2D eigenvalue weighted by Crippen LogP contribution is 2.46. The lowest BCUT2D eigenvalue weighted by Crippen LogP contribution is -2.46. The third-order valence-corrected chi connectivity index (χ3v) is 7.30. The molecule has 1 aliphatic carbocycles. The first kappa shape index (κ1) is 21.8. The standard InChI is InChI=1S/C30H30N4O/c35-30(23-12-13-26-24-9-1-2-10-25(24)27(26)21-23)32-14-3-4-16-33-17-19-34(20-18-33)28-11-5-7-22-8-6-15-31-29(22)28/h1-2,5-13,15,21H,3-4,14,16-20H2,(H,32,35). The van der Waals surface area contributed by atoms with E-state index in [1.807, 2.05) is 24.4 Å². The molecule has 3 aromatic carbocycles. The van der Waals surface area contributed by atoms with Gasteiger partial charge in [-0.25, -0.2) is 0 Å². The van der Waals surface area contributed by atoms with Gasteiger partial charge in [-0.1, -0.05) is 48.5 Å². The molecule has 1 fully saturated rings. The lowest BCUT2D eigenvalue weighted by molar-refractivity contribution is 0.0952. The first-order valence-electron chi connectivity index (χ1n) is 12.6. The van der Waals surface area contributed by atoms with Gasteiger partial charge in [0.2, 0.25) is 0 Å². The van der Waals surface area contributed by atoms with Crippen molar-refractivity contribution in [3.05, 3.63) is 84.6 Å². The Balaban J connectivity index is 0.937. The van der Waals surface area contributed by atoms with Gasteiger partial charge in [-0.3, -0.25) is 14.7 Å². The zero-order valence-corrected chi connectivity index (χ0v) is 19.9. The summed E-state index contributed by atoms with van der Waals surface area (Å²) in [6, 6.07) is 25.0. The topological polar surface area (TPSA) is 48.5 Å². The summed E-state index contributed by atoms with van der Waals surface area (Å²) in [6.07, 6.45) is 3.96. The first-order chi connectivity index (χ1) is 17.3. The van der Waals surface area contributed by atoms with Crippen LogP contribution in [0.15, 0.2) is 79.0 Å². The van der Waals surface area contributed by atoms with E-state index in [9.17, 15) is 4.79 Å². The number of piperazine rings is 1. The molecule has 5 nitrogen and oxygen atoms in total. The van der Waals surface area contributed by atoms with E-state index in [-0.39, 0.29) is 5.91 Å². The number of carbonyl (C=O) groups excluding carboxylic acids is 1. The Morgan fingerprint density at radius 2 is 1.57 bits per heavy atom. The number of hydrogen-bond donors (Lipinski definition) is 1. The molecule has 1 N–H and O–H groups in total. The van der Waals surface area contributed by atoms with Crippen LogP contribution in [0.4, 0.5) is 5.69 Å². The Morgan fingerprint density at radius 3 is 2.43 bits per heavy atom. The summed E-state index contributed by atoms with van der Waals surface area (Å²) in [4.78, 5) is 22.2. The fourth-order valence-electron chi connectivity index (χ4n) is 5.35. The number of benzene rings is 3. The molecule has 0 radical (unpaired) electrons. The maximum absolute atomic E-state index is 12.6. The molecule has 0 saturated carbocycles. The van der Waals surface area contributed by atoms with Crippen LogP contribution in [-0.2, 0) is 0 Å². The number of anilines is 1. The Morgan fingerprint density at radius 1 is 0.800 bits per heavy atom. The van der Waals surface area contributed by atoms with Gasteiger partial charge in [0, 0.05) is 49.9 Å². The molecule has 2 aliphatic rings. The number of nitrogens with zero attached hydrogens (tertiary/aromatic N) is 3. The predicted octanol–water partition coefficient (Wildman–Crippen LogP) is 5.21. The molecule has 1 saturated heterocycles. The molecule has 0 bridgehead atoms. The second-order valence-electron chi connectivity index (χ2n) is 9.45. The van der Waals surface area contributed by atoms with Crippen LogP contribution >= 0.6 is 0 Å². The number of nitrogens with one attached hydrogen (secondary N) is 1. The normalized spacial score (nSPS) is 14.8. The third-order valence-electron chi connectivity index (χ3n) is 7.30. The minimum atomic E-state index is 0.0227. The number of pyridine rings is 1. The Bertz CT molecular complexity index is 1370. The third kappa shape index (κ3) is 4.28. The van der Waals surface area contributed by atoms with Gasteiger partial charge >= 0.3 is 0 Å². The largest absolute Gasteiger partial charge is 0.367 e. The second kappa shape index (κ2) is 9.51. The average Bonchev–Trinajstić information content (AvgIpc) is 2.91. The van der Waals surface area contributed by atoms with Crippen molar-refractivity contribution in [2.24, 2.45) is 0 Å². The quantitative estimate of drug-likeness (QED) is 0.337. The molecule has 1 aromatic heterocycles. The fraction of sp³-hybridized carbons (Fsp3) is 0.267.